The molecule has 1 spiro atoms. The summed E-state index contributed by atoms with van der Waals surface area (Å²) < 4.78 is 11.5. The molecule has 0 aromatic heterocycles. The maximum atomic E-state index is 12.0. The van der Waals surface area contributed by atoms with Crippen molar-refractivity contribution >= 4 is 12.1 Å². The van der Waals surface area contributed by atoms with E-state index in [1.54, 1.807) is 0 Å². The molecule has 3 N–H and O–H groups in total. The van der Waals surface area contributed by atoms with Gasteiger partial charge in [0.15, 0.2) is 5.96 Å². The smallest absolute Gasteiger partial charge is 0.407 e. The minimum absolute atomic E-state index is 0.193. The third kappa shape index (κ3) is 4.41. The van der Waals surface area contributed by atoms with Gasteiger partial charge < -0.3 is 25.4 Å². The van der Waals surface area contributed by atoms with Crippen molar-refractivity contribution in [2.75, 3.05) is 13.2 Å². The van der Waals surface area contributed by atoms with Crippen molar-refractivity contribution in [3.63, 3.8) is 0 Å². The molecule has 4 fully saturated rings. The number of aliphatic imine (C=N–C) groups is 1. The fourth-order valence-corrected chi connectivity index (χ4v) is 5.94. The molecular formula is C23H40N4O3. The van der Waals surface area contributed by atoms with Gasteiger partial charge in [-0.05, 0) is 72.6 Å². The first kappa shape index (κ1) is 21.7. The predicted molar refractivity (Wildman–Crippen MR) is 118 cm³/mol. The Bertz CT molecular complexity index is 647. The van der Waals surface area contributed by atoms with Gasteiger partial charge in [0.05, 0.1) is 6.10 Å². The Morgan fingerprint density at radius 2 is 1.73 bits per heavy atom. The van der Waals surface area contributed by atoms with Gasteiger partial charge in [-0.1, -0.05) is 6.42 Å². The molecule has 0 aromatic rings. The van der Waals surface area contributed by atoms with E-state index in [0.29, 0.717) is 29.5 Å². The van der Waals surface area contributed by atoms with Crippen molar-refractivity contribution in [1.82, 2.24) is 16.0 Å². The molecule has 7 nitrogen and oxygen atoms in total. The molecule has 1 aliphatic heterocycles. The highest BCUT2D eigenvalue weighted by Gasteiger charge is 2.66. The Labute approximate surface area is 181 Å². The topological polar surface area (TPSA) is 84.0 Å². The number of nitrogens with one attached hydrogen (secondary N) is 3. The van der Waals surface area contributed by atoms with Crippen molar-refractivity contribution < 1.29 is 14.3 Å². The van der Waals surface area contributed by atoms with Crippen molar-refractivity contribution in [3.8, 4) is 0 Å². The second-order valence-corrected chi connectivity index (χ2v) is 10.6. The van der Waals surface area contributed by atoms with Gasteiger partial charge in [-0.15, -0.1) is 0 Å². The molecule has 3 atom stereocenters. The lowest BCUT2D eigenvalue weighted by Gasteiger charge is -2.63. The summed E-state index contributed by atoms with van der Waals surface area (Å²) in [4.78, 5) is 16.8. The van der Waals surface area contributed by atoms with Gasteiger partial charge in [-0.25, -0.2) is 4.79 Å². The summed E-state index contributed by atoms with van der Waals surface area (Å²) in [7, 11) is 0. The molecule has 4 rings (SSSR count). The monoisotopic (exact) mass is 420 g/mol. The van der Waals surface area contributed by atoms with Crippen LogP contribution in [0.5, 0.6) is 0 Å². The number of guanidine groups is 1. The maximum Gasteiger partial charge on any atom is 0.407 e. The van der Waals surface area contributed by atoms with E-state index in [1.165, 1.54) is 25.7 Å². The lowest BCUT2D eigenvalue weighted by molar-refractivity contribution is -0.171. The van der Waals surface area contributed by atoms with Crippen LogP contribution in [0.25, 0.3) is 0 Å². The van der Waals surface area contributed by atoms with E-state index < -0.39 is 5.60 Å². The summed E-state index contributed by atoms with van der Waals surface area (Å²) in [6.07, 6.45) is 9.20. The quantitative estimate of drug-likeness (QED) is 0.480. The summed E-state index contributed by atoms with van der Waals surface area (Å²) in [6, 6.07) is 1.09. The van der Waals surface area contributed by atoms with Gasteiger partial charge in [0.2, 0.25) is 0 Å². The number of hydrogen-bond acceptors (Lipinski definition) is 4. The van der Waals surface area contributed by atoms with Crippen LogP contribution in [0.4, 0.5) is 4.79 Å². The Balaban J connectivity index is 1.26. The molecule has 3 aliphatic carbocycles. The zero-order valence-electron chi connectivity index (χ0n) is 19.1. The van der Waals surface area contributed by atoms with Gasteiger partial charge in [0.1, 0.15) is 5.60 Å². The number of rotatable bonds is 4. The number of fused-ring (bicyclic) bond motifs is 2. The Morgan fingerprint density at radius 3 is 2.30 bits per heavy atom. The number of carbonyl (C=O) groups excluding carboxylic acids is 1. The van der Waals surface area contributed by atoms with Crippen LogP contribution in [0, 0.1) is 11.3 Å². The molecule has 0 bridgehead atoms. The third-order valence-corrected chi connectivity index (χ3v) is 7.43. The minimum Gasteiger partial charge on any atom is -0.444 e. The highest BCUT2D eigenvalue weighted by atomic mass is 16.6. The van der Waals surface area contributed by atoms with Crippen LogP contribution >= 0.6 is 0 Å². The second-order valence-electron chi connectivity index (χ2n) is 10.6. The van der Waals surface area contributed by atoms with E-state index in [0.717, 1.165) is 44.8 Å². The molecule has 1 amide bonds. The van der Waals surface area contributed by atoms with Gasteiger partial charge in [-0.3, -0.25) is 4.99 Å². The summed E-state index contributed by atoms with van der Waals surface area (Å²) >= 11 is 0. The maximum absolute atomic E-state index is 12.0. The van der Waals surface area contributed by atoms with Crippen LogP contribution in [0.15, 0.2) is 4.99 Å². The number of carbonyl (C=O) groups is 1. The molecule has 0 radical (unpaired) electrons. The van der Waals surface area contributed by atoms with Crippen molar-refractivity contribution in [1.29, 1.82) is 0 Å². The fraction of sp³-hybridized carbons (Fsp3) is 0.913. The summed E-state index contributed by atoms with van der Waals surface area (Å²) in [6.45, 7) is 9.46. The van der Waals surface area contributed by atoms with Crippen LogP contribution in [0.3, 0.4) is 0 Å². The van der Waals surface area contributed by atoms with Crippen LogP contribution in [-0.2, 0) is 9.47 Å². The Morgan fingerprint density at radius 1 is 1.07 bits per heavy atom. The SMILES string of the molecule is CCN=C(NC1CCC(NC(=O)OC(C)(C)C)CC1)NC1C2CCOC2C12CCC2. The van der Waals surface area contributed by atoms with E-state index in [2.05, 4.69) is 22.9 Å². The standard InChI is InChI=1S/C23H40N4O3/c1-5-24-20(27-18-17-11-14-29-19(17)23(18)12-6-13-23)25-15-7-9-16(10-8-15)26-21(28)30-22(2,3)4/h15-19H,5-14H2,1-4H3,(H,26,28)(H2,24,25,27). The molecule has 4 aliphatic rings. The number of amides is 1. The normalized spacial score (nSPS) is 35.1. The largest absolute Gasteiger partial charge is 0.444 e. The van der Waals surface area contributed by atoms with Crippen LogP contribution in [-0.4, -0.2) is 55.0 Å². The first-order chi connectivity index (χ1) is 14.3. The van der Waals surface area contributed by atoms with Crippen LogP contribution in [0.2, 0.25) is 0 Å². The third-order valence-electron chi connectivity index (χ3n) is 7.43. The predicted octanol–water partition coefficient (Wildman–Crippen LogP) is 3.34. The fourth-order valence-electron chi connectivity index (χ4n) is 5.94. The Hall–Kier alpha value is -1.50. The molecule has 0 aromatic carbocycles. The van der Waals surface area contributed by atoms with E-state index in [1.807, 2.05) is 20.8 Å². The first-order valence-electron chi connectivity index (χ1n) is 12.0. The molecule has 3 saturated carbocycles. The van der Waals surface area contributed by atoms with E-state index in [-0.39, 0.29) is 12.1 Å². The number of nitrogens with zero attached hydrogens (tertiary/aromatic N) is 1. The van der Waals surface area contributed by atoms with Crippen molar-refractivity contribution in [2.45, 2.75) is 109 Å². The average molecular weight is 421 g/mol. The molecule has 7 heteroatoms. The summed E-state index contributed by atoms with van der Waals surface area (Å²) in [5, 5.41) is 10.5. The van der Waals surface area contributed by atoms with E-state index in [4.69, 9.17) is 14.5 Å². The molecule has 1 saturated heterocycles. The highest BCUT2D eigenvalue weighted by Crippen LogP contribution is 2.62. The Kier molecular flexibility index (Phi) is 6.20. The van der Waals surface area contributed by atoms with Crippen molar-refractivity contribution in [3.05, 3.63) is 0 Å². The minimum atomic E-state index is -0.456. The van der Waals surface area contributed by atoms with E-state index in [9.17, 15) is 4.79 Å². The highest BCUT2D eigenvalue weighted by molar-refractivity contribution is 5.81. The molecule has 3 unspecified atom stereocenters. The molecular weight excluding hydrogens is 380 g/mol. The lowest BCUT2D eigenvalue weighted by Crippen LogP contribution is -2.72. The number of alkyl carbamates (subject to hydrolysis) is 1. The van der Waals surface area contributed by atoms with Crippen LogP contribution in [0.1, 0.15) is 79.1 Å². The molecule has 30 heavy (non-hydrogen) atoms. The average Bonchev–Trinajstić information content (AvgIpc) is 3.03. The van der Waals surface area contributed by atoms with Crippen LogP contribution < -0.4 is 16.0 Å². The zero-order valence-corrected chi connectivity index (χ0v) is 19.1. The second kappa shape index (κ2) is 8.56. The first-order valence-corrected chi connectivity index (χ1v) is 12.0. The number of ether oxygens (including phenoxy) is 2. The zero-order chi connectivity index (χ0) is 21.4. The lowest BCUT2D eigenvalue weighted by atomic mass is 9.46. The molecule has 1 heterocycles. The molecule has 170 valence electrons. The van der Waals surface area contributed by atoms with Gasteiger partial charge in [0.25, 0.3) is 0 Å². The van der Waals surface area contributed by atoms with Gasteiger partial charge in [0, 0.05) is 42.6 Å². The summed E-state index contributed by atoms with van der Waals surface area (Å²) in [5.74, 6) is 1.60. The van der Waals surface area contributed by atoms with Gasteiger partial charge in [-0.2, -0.15) is 0 Å². The number of hydrogen-bond donors (Lipinski definition) is 3. The van der Waals surface area contributed by atoms with Gasteiger partial charge >= 0.3 is 6.09 Å². The van der Waals surface area contributed by atoms with E-state index >= 15 is 0 Å². The summed E-state index contributed by atoms with van der Waals surface area (Å²) in [5.41, 5.74) is -0.102. The van der Waals surface area contributed by atoms with Crippen molar-refractivity contribution in [2.24, 2.45) is 16.3 Å².